The molecule has 2 aliphatic carbocycles. The van der Waals surface area contributed by atoms with Gasteiger partial charge in [-0.25, -0.2) is 14.6 Å². The van der Waals surface area contributed by atoms with Gasteiger partial charge in [-0.3, -0.25) is 0 Å². The third-order valence-electron chi connectivity index (χ3n) is 7.50. The highest BCUT2D eigenvalue weighted by Crippen LogP contribution is 2.48. The summed E-state index contributed by atoms with van der Waals surface area (Å²) in [5.74, 6) is 2.18. The Morgan fingerprint density at radius 3 is 2.68 bits per heavy atom. The second kappa shape index (κ2) is 9.68. The predicted molar refractivity (Wildman–Crippen MR) is 140 cm³/mol. The molecule has 1 saturated heterocycles. The molecule has 0 bridgehead atoms. The van der Waals surface area contributed by atoms with Gasteiger partial charge in [-0.2, -0.15) is 0 Å². The van der Waals surface area contributed by atoms with E-state index in [1.807, 2.05) is 30.7 Å². The fourth-order valence-electron chi connectivity index (χ4n) is 5.62. The summed E-state index contributed by atoms with van der Waals surface area (Å²) < 4.78 is 19.6. The summed E-state index contributed by atoms with van der Waals surface area (Å²) in [6, 6.07) is 8.39. The summed E-state index contributed by atoms with van der Waals surface area (Å²) in [4.78, 5) is 9.72. The molecule has 3 heterocycles. The molecule has 10 nitrogen and oxygen atoms in total. The van der Waals surface area contributed by atoms with Gasteiger partial charge in [0.25, 0.3) is 0 Å². The minimum absolute atomic E-state index is 0.0267. The Morgan fingerprint density at radius 1 is 1.16 bits per heavy atom. The smallest absolute Gasteiger partial charge is 0.191 e. The Hall–Kier alpha value is -2.47. The molecule has 11 heteroatoms. The van der Waals surface area contributed by atoms with E-state index >= 15 is 0 Å². The van der Waals surface area contributed by atoms with Crippen molar-refractivity contribution in [2.24, 2.45) is 5.92 Å². The van der Waals surface area contributed by atoms with E-state index in [9.17, 15) is 5.11 Å². The largest absolute Gasteiger partial charge is 0.497 e. The number of rotatable bonds is 9. The Kier molecular flexibility index (Phi) is 6.50. The van der Waals surface area contributed by atoms with Gasteiger partial charge >= 0.3 is 0 Å². The number of thioether (sulfide) groups is 1. The van der Waals surface area contributed by atoms with Crippen molar-refractivity contribution in [3.8, 4) is 5.75 Å². The highest BCUT2D eigenvalue weighted by atomic mass is 32.2. The van der Waals surface area contributed by atoms with Crippen molar-refractivity contribution in [3.05, 3.63) is 29.8 Å². The van der Waals surface area contributed by atoms with Gasteiger partial charge in [0.05, 0.1) is 19.3 Å². The van der Waals surface area contributed by atoms with Crippen LogP contribution >= 0.6 is 11.8 Å². The molecule has 2 aromatic heterocycles. The fraction of sp³-hybridized carbons (Fsp3) is 0.615. The minimum Gasteiger partial charge on any atom is -0.497 e. The van der Waals surface area contributed by atoms with Crippen LogP contribution in [0.5, 0.6) is 5.75 Å². The molecule has 2 N–H and O–H groups in total. The fourth-order valence-corrected chi connectivity index (χ4v) is 6.31. The van der Waals surface area contributed by atoms with E-state index in [-0.39, 0.29) is 36.8 Å². The van der Waals surface area contributed by atoms with Gasteiger partial charge in [0.2, 0.25) is 0 Å². The van der Waals surface area contributed by atoms with Crippen LogP contribution in [-0.2, 0) is 9.47 Å². The van der Waals surface area contributed by atoms with Crippen LogP contribution in [0.4, 0.5) is 5.82 Å². The molecule has 6 rings (SSSR count). The number of nitrogens with one attached hydrogen (secondary N) is 1. The van der Waals surface area contributed by atoms with Crippen molar-refractivity contribution in [2.45, 2.75) is 81.2 Å². The minimum atomic E-state index is -0.704. The van der Waals surface area contributed by atoms with Crippen LogP contribution in [0.15, 0.2) is 29.4 Å². The quantitative estimate of drug-likeness (QED) is 0.315. The molecular formula is C26H34N6O4S. The van der Waals surface area contributed by atoms with Gasteiger partial charge in [0.15, 0.2) is 27.9 Å². The zero-order valence-electron chi connectivity index (χ0n) is 21.6. The van der Waals surface area contributed by atoms with Crippen molar-refractivity contribution in [1.82, 2.24) is 25.0 Å². The molecule has 0 spiro atoms. The summed E-state index contributed by atoms with van der Waals surface area (Å²) in [7, 11) is 1.68. The average molecular weight is 527 g/mol. The number of aromatic nitrogens is 5. The lowest BCUT2D eigenvalue weighted by Crippen LogP contribution is -2.28. The summed E-state index contributed by atoms with van der Waals surface area (Å²) in [6.07, 6.45) is 2.33. The first-order valence-corrected chi connectivity index (χ1v) is 14.0. The topological polar surface area (TPSA) is 116 Å². The van der Waals surface area contributed by atoms with Crippen LogP contribution in [0.25, 0.3) is 11.2 Å². The van der Waals surface area contributed by atoms with E-state index in [1.54, 1.807) is 18.9 Å². The number of nitrogens with zero attached hydrogens (tertiary/aromatic N) is 5. The number of hydrogen-bond acceptors (Lipinski definition) is 10. The number of hydrogen-bond donors (Lipinski definition) is 2. The molecule has 37 heavy (non-hydrogen) atoms. The SMILES string of the molecule is CCCSc1nc(NC2CC2c2ccc(OC)cc2)c2nnn(C3CC(CO)C4OC(C)(C)OC43)c2n1. The zero-order valence-corrected chi connectivity index (χ0v) is 22.4. The van der Waals surface area contributed by atoms with Crippen molar-refractivity contribution < 1.29 is 19.3 Å². The number of aliphatic hydroxyl groups excluding tert-OH is 1. The highest BCUT2D eigenvalue weighted by Gasteiger charge is 2.55. The molecule has 198 valence electrons. The van der Waals surface area contributed by atoms with Gasteiger partial charge in [0.1, 0.15) is 11.9 Å². The number of benzene rings is 1. The molecule has 1 aromatic carbocycles. The van der Waals surface area contributed by atoms with Gasteiger partial charge in [0, 0.05) is 30.2 Å². The first-order chi connectivity index (χ1) is 17.9. The second-order valence-corrected chi connectivity index (χ2v) is 11.6. The van der Waals surface area contributed by atoms with E-state index in [2.05, 4.69) is 34.7 Å². The molecule has 1 aliphatic heterocycles. The standard InChI is InChI=1S/C26H34N6O4S/c1-5-10-37-25-28-23(27-18-12-17(18)14-6-8-16(34-4)9-7-14)20-24(29-25)32(31-30-20)19-11-15(13-33)21-22(19)36-26(2,3)35-21/h6-9,15,17-19,21-22,33H,5,10-13H2,1-4H3,(H,27,28,29). The molecule has 6 atom stereocenters. The molecule has 3 aliphatic rings. The van der Waals surface area contributed by atoms with Gasteiger partial charge in [-0.15, -0.1) is 5.10 Å². The van der Waals surface area contributed by atoms with E-state index in [0.717, 1.165) is 24.3 Å². The lowest BCUT2D eigenvalue weighted by atomic mass is 10.1. The second-order valence-electron chi connectivity index (χ2n) is 10.6. The third kappa shape index (κ3) is 4.67. The molecule has 3 aromatic rings. The van der Waals surface area contributed by atoms with Crippen LogP contribution in [0.1, 0.15) is 57.6 Å². The van der Waals surface area contributed by atoms with Crippen LogP contribution < -0.4 is 10.1 Å². The Balaban J connectivity index is 1.30. The average Bonchev–Trinajstić information content (AvgIpc) is 3.22. The predicted octanol–water partition coefficient (Wildman–Crippen LogP) is 3.77. The summed E-state index contributed by atoms with van der Waals surface area (Å²) in [5.41, 5.74) is 2.62. The normalized spacial score (nSPS) is 30.0. The third-order valence-corrected chi connectivity index (χ3v) is 8.55. The summed E-state index contributed by atoms with van der Waals surface area (Å²) >= 11 is 1.64. The van der Waals surface area contributed by atoms with Crippen molar-refractivity contribution in [1.29, 1.82) is 0 Å². The van der Waals surface area contributed by atoms with Gasteiger partial charge in [-0.05, 0) is 50.8 Å². The van der Waals surface area contributed by atoms with Crippen molar-refractivity contribution in [2.75, 3.05) is 24.8 Å². The molecule has 0 amide bonds. The summed E-state index contributed by atoms with van der Waals surface area (Å²) in [6.45, 7) is 6.01. The first-order valence-electron chi connectivity index (χ1n) is 13.0. The maximum absolute atomic E-state index is 10.0. The maximum atomic E-state index is 10.0. The van der Waals surface area contributed by atoms with Crippen LogP contribution in [-0.4, -0.2) is 73.6 Å². The maximum Gasteiger partial charge on any atom is 0.191 e. The molecule has 2 saturated carbocycles. The highest BCUT2D eigenvalue weighted by molar-refractivity contribution is 7.99. The lowest BCUT2D eigenvalue weighted by molar-refractivity contribution is -0.162. The zero-order chi connectivity index (χ0) is 25.7. The van der Waals surface area contributed by atoms with Gasteiger partial charge in [-0.1, -0.05) is 36.0 Å². The number of anilines is 1. The Morgan fingerprint density at radius 2 is 1.95 bits per heavy atom. The van der Waals surface area contributed by atoms with Crippen molar-refractivity contribution in [3.63, 3.8) is 0 Å². The number of methoxy groups -OCH3 is 1. The van der Waals surface area contributed by atoms with E-state index in [4.69, 9.17) is 24.2 Å². The summed E-state index contributed by atoms with van der Waals surface area (Å²) in [5, 5.41) is 23.4. The van der Waals surface area contributed by atoms with Crippen molar-refractivity contribution >= 4 is 28.7 Å². The number of fused-ring (bicyclic) bond motifs is 2. The van der Waals surface area contributed by atoms with Gasteiger partial charge < -0.3 is 24.6 Å². The Bertz CT molecular complexity index is 1270. The molecular weight excluding hydrogens is 492 g/mol. The van der Waals surface area contributed by atoms with E-state index in [1.165, 1.54) is 5.56 Å². The van der Waals surface area contributed by atoms with E-state index < -0.39 is 5.79 Å². The first kappa shape index (κ1) is 24.8. The number of ether oxygens (including phenoxy) is 3. The lowest BCUT2D eigenvalue weighted by Gasteiger charge is -2.23. The monoisotopic (exact) mass is 526 g/mol. The molecule has 0 radical (unpaired) electrons. The molecule has 6 unspecified atom stereocenters. The van der Waals surface area contributed by atoms with E-state index in [0.29, 0.717) is 34.5 Å². The Labute approximate surface area is 220 Å². The molecule has 3 fully saturated rings. The number of aliphatic hydroxyl groups is 1. The van der Waals surface area contributed by atoms with Crippen LogP contribution in [0.2, 0.25) is 0 Å². The van der Waals surface area contributed by atoms with Crippen LogP contribution in [0, 0.1) is 5.92 Å². The van der Waals surface area contributed by atoms with Crippen LogP contribution in [0.3, 0.4) is 0 Å².